The number of benzene rings is 2. The van der Waals surface area contributed by atoms with E-state index in [0.29, 0.717) is 22.9 Å². The van der Waals surface area contributed by atoms with E-state index in [2.05, 4.69) is 5.32 Å². The molecule has 0 aliphatic carbocycles. The predicted molar refractivity (Wildman–Crippen MR) is 96.4 cm³/mol. The van der Waals surface area contributed by atoms with Crippen LogP contribution in [0.2, 0.25) is 0 Å². The maximum absolute atomic E-state index is 12.4. The normalized spacial score (nSPS) is 10.4. The molecule has 3 rings (SSSR count). The van der Waals surface area contributed by atoms with Crippen molar-refractivity contribution in [3.8, 4) is 22.8 Å². The summed E-state index contributed by atoms with van der Waals surface area (Å²) in [4.78, 5) is 12.4. The van der Waals surface area contributed by atoms with E-state index >= 15 is 0 Å². The second kappa shape index (κ2) is 7.13. The molecule has 0 atom stereocenters. The minimum absolute atomic E-state index is 0.234. The number of amides is 1. The minimum Gasteiger partial charge on any atom is -0.497 e. The summed E-state index contributed by atoms with van der Waals surface area (Å²) in [5.41, 5.74) is 2.66. The van der Waals surface area contributed by atoms with Gasteiger partial charge < -0.3 is 19.2 Å². The largest absolute Gasteiger partial charge is 0.497 e. The average molecular weight is 337 g/mol. The van der Waals surface area contributed by atoms with Gasteiger partial charge in [-0.3, -0.25) is 4.79 Å². The fourth-order valence-corrected chi connectivity index (χ4v) is 2.41. The molecule has 1 heterocycles. The summed E-state index contributed by atoms with van der Waals surface area (Å²) in [6, 6.07) is 16.5. The van der Waals surface area contributed by atoms with Gasteiger partial charge in [0.25, 0.3) is 5.91 Å². The second-order valence-electron chi connectivity index (χ2n) is 5.59. The van der Waals surface area contributed by atoms with Crippen molar-refractivity contribution in [2.24, 2.45) is 0 Å². The Balaban J connectivity index is 1.79. The van der Waals surface area contributed by atoms with Crippen molar-refractivity contribution >= 4 is 11.6 Å². The number of carbonyl (C=O) groups is 1. The van der Waals surface area contributed by atoms with Crippen LogP contribution in [0.15, 0.2) is 59.0 Å². The van der Waals surface area contributed by atoms with E-state index < -0.39 is 0 Å². The van der Waals surface area contributed by atoms with Crippen molar-refractivity contribution in [2.45, 2.75) is 6.92 Å². The SMILES string of the molecule is COc1cc(NC(=O)c2ccc(-c3ccc(C)cc3)o2)cc(OC)c1. The first-order valence-electron chi connectivity index (χ1n) is 7.80. The van der Waals surface area contributed by atoms with Gasteiger partial charge in [0, 0.05) is 29.4 Å². The third kappa shape index (κ3) is 3.83. The molecule has 0 spiro atoms. The summed E-state index contributed by atoms with van der Waals surface area (Å²) in [6.07, 6.45) is 0. The first kappa shape index (κ1) is 16.6. The molecular formula is C20H19NO4. The molecule has 2 aromatic carbocycles. The highest BCUT2D eigenvalue weighted by Crippen LogP contribution is 2.27. The van der Waals surface area contributed by atoms with Crippen LogP contribution in [-0.2, 0) is 0 Å². The first-order chi connectivity index (χ1) is 12.1. The molecule has 0 saturated carbocycles. The zero-order valence-corrected chi connectivity index (χ0v) is 14.3. The van der Waals surface area contributed by atoms with Gasteiger partial charge in [-0.25, -0.2) is 0 Å². The molecule has 0 fully saturated rings. The molecule has 0 aliphatic heterocycles. The van der Waals surface area contributed by atoms with Crippen LogP contribution in [-0.4, -0.2) is 20.1 Å². The Morgan fingerprint density at radius 3 is 2.16 bits per heavy atom. The smallest absolute Gasteiger partial charge is 0.291 e. The van der Waals surface area contributed by atoms with Crippen LogP contribution < -0.4 is 14.8 Å². The van der Waals surface area contributed by atoms with Gasteiger partial charge in [0.05, 0.1) is 14.2 Å². The zero-order valence-electron chi connectivity index (χ0n) is 14.3. The molecule has 0 radical (unpaired) electrons. The summed E-state index contributed by atoms with van der Waals surface area (Å²) in [6.45, 7) is 2.02. The Morgan fingerprint density at radius 1 is 0.920 bits per heavy atom. The number of furan rings is 1. The highest BCUT2D eigenvalue weighted by Gasteiger charge is 2.13. The van der Waals surface area contributed by atoms with E-state index in [1.165, 1.54) is 5.56 Å². The molecular weight excluding hydrogens is 318 g/mol. The Kier molecular flexibility index (Phi) is 4.75. The lowest BCUT2D eigenvalue weighted by atomic mass is 10.1. The number of ether oxygens (including phenoxy) is 2. The maximum Gasteiger partial charge on any atom is 0.291 e. The van der Waals surface area contributed by atoms with Crippen LogP contribution in [0.1, 0.15) is 16.1 Å². The lowest BCUT2D eigenvalue weighted by Crippen LogP contribution is -2.11. The van der Waals surface area contributed by atoms with E-state index in [0.717, 1.165) is 5.56 Å². The Bertz CT molecular complexity index is 859. The van der Waals surface area contributed by atoms with Gasteiger partial charge in [-0.15, -0.1) is 0 Å². The number of carbonyl (C=O) groups excluding carboxylic acids is 1. The maximum atomic E-state index is 12.4. The van der Waals surface area contributed by atoms with Crippen LogP contribution in [0.3, 0.4) is 0 Å². The van der Waals surface area contributed by atoms with Gasteiger partial charge in [-0.05, 0) is 19.1 Å². The van der Waals surface area contributed by atoms with E-state index in [1.54, 1.807) is 44.6 Å². The second-order valence-corrected chi connectivity index (χ2v) is 5.59. The van der Waals surface area contributed by atoms with Gasteiger partial charge in [-0.2, -0.15) is 0 Å². The van der Waals surface area contributed by atoms with Crippen LogP contribution in [0.5, 0.6) is 11.5 Å². The molecule has 0 bridgehead atoms. The number of anilines is 1. The molecule has 0 saturated heterocycles. The molecule has 1 aromatic heterocycles. The highest BCUT2D eigenvalue weighted by molar-refractivity contribution is 6.02. The van der Waals surface area contributed by atoms with Gasteiger partial charge in [0.2, 0.25) is 0 Å². The van der Waals surface area contributed by atoms with Crippen LogP contribution in [0.25, 0.3) is 11.3 Å². The van der Waals surface area contributed by atoms with Gasteiger partial charge in [0.1, 0.15) is 17.3 Å². The van der Waals surface area contributed by atoms with Crippen molar-refractivity contribution in [1.82, 2.24) is 0 Å². The van der Waals surface area contributed by atoms with Crippen molar-refractivity contribution in [2.75, 3.05) is 19.5 Å². The predicted octanol–water partition coefficient (Wildman–Crippen LogP) is 4.52. The molecule has 5 nitrogen and oxygen atoms in total. The van der Waals surface area contributed by atoms with Crippen molar-refractivity contribution in [3.63, 3.8) is 0 Å². The fourth-order valence-electron chi connectivity index (χ4n) is 2.41. The zero-order chi connectivity index (χ0) is 17.8. The van der Waals surface area contributed by atoms with E-state index in [4.69, 9.17) is 13.9 Å². The number of hydrogen-bond acceptors (Lipinski definition) is 4. The molecule has 3 aromatic rings. The van der Waals surface area contributed by atoms with E-state index in [1.807, 2.05) is 31.2 Å². The van der Waals surface area contributed by atoms with Gasteiger partial charge in [-0.1, -0.05) is 29.8 Å². The van der Waals surface area contributed by atoms with Crippen molar-refractivity contribution in [3.05, 3.63) is 65.9 Å². The number of hydrogen-bond donors (Lipinski definition) is 1. The molecule has 0 unspecified atom stereocenters. The van der Waals surface area contributed by atoms with Crippen molar-refractivity contribution in [1.29, 1.82) is 0 Å². The van der Waals surface area contributed by atoms with Crippen LogP contribution in [0.4, 0.5) is 5.69 Å². The Morgan fingerprint density at radius 2 is 1.56 bits per heavy atom. The number of nitrogens with one attached hydrogen (secondary N) is 1. The highest BCUT2D eigenvalue weighted by atomic mass is 16.5. The van der Waals surface area contributed by atoms with E-state index in [-0.39, 0.29) is 11.7 Å². The summed E-state index contributed by atoms with van der Waals surface area (Å²) in [5, 5.41) is 2.79. The van der Waals surface area contributed by atoms with Gasteiger partial charge >= 0.3 is 0 Å². The summed E-state index contributed by atoms with van der Waals surface area (Å²) in [7, 11) is 3.11. The number of rotatable bonds is 5. The van der Waals surface area contributed by atoms with Crippen LogP contribution >= 0.6 is 0 Å². The first-order valence-corrected chi connectivity index (χ1v) is 7.80. The molecule has 128 valence electrons. The number of aryl methyl sites for hydroxylation is 1. The Labute approximate surface area is 146 Å². The summed E-state index contributed by atoms with van der Waals surface area (Å²) < 4.78 is 16.1. The average Bonchev–Trinajstić information content (AvgIpc) is 3.12. The standard InChI is InChI=1S/C20H19NO4/c1-13-4-6-14(7-5-13)18-8-9-19(25-18)20(22)21-15-10-16(23-2)12-17(11-15)24-3/h4-12H,1-3H3,(H,21,22). The third-order valence-corrected chi connectivity index (χ3v) is 3.78. The number of methoxy groups -OCH3 is 2. The summed E-state index contributed by atoms with van der Waals surface area (Å²) >= 11 is 0. The molecule has 5 heteroatoms. The van der Waals surface area contributed by atoms with Gasteiger partial charge in [0.15, 0.2) is 5.76 Å². The monoisotopic (exact) mass is 337 g/mol. The van der Waals surface area contributed by atoms with Crippen LogP contribution in [0, 0.1) is 6.92 Å². The lowest BCUT2D eigenvalue weighted by Gasteiger charge is -2.09. The summed E-state index contributed by atoms with van der Waals surface area (Å²) in [5.74, 6) is 1.73. The Hall–Kier alpha value is -3.21. The molecule has 1 amide bonds. The fraction of sp³-hybridized carbons (Fsp3) is 0.150. The molecule has 0 aliphatic rings. The minimum atomic E-state index is -0.339. The lowest BCUT2D eigenvalue weighted by molar-refractivity contribution is 0.0997. The molecule has 25 heavy (non-hydrogen) atoms. The van der Waals surface area contributed by atoms with Crippen molar-refractivity contribution < 1.29 is 18.7 Å². The third-order valence-electron chi connectivity index (χ3n) is 3.78. The molecule has 1 N–H and O–H groups in total. The quantitative estimate of drug-likeness (QED) is 0.743. The topological polar surface area (TPSA) is 60.7 Å². The van der Waals surface area contributed by atoms with E-state index in [9.17, 15) is 4.79 Å².